The summed E-state index contributed by atoms with van der Waals surface area (Å²) in [6, 6.07) is 9.41. The number of amides is 1. The van der Waals surface area contributed by atoms with Gasteiger partial charge in [-0.25, -0.2) is 4.79 Å². The Labute approximate surface area is 109 Å². The maximum absolute atomic E-state index is 11.8. The largest absolute Gasteiger partial charge is 0.446 e. The molecule has 1 unspecified atom stereocenters. The molecule has 1 aromatic carbocycles. The number of nitrogens with one attached hydrogen (secondary N) is 1. The van der Waals surface area contributed by atoms with Gasteiger partial charge in [0.15, 0.2) is 0 Å². The molecule has 1 fully saturated rings. The topological polar surface area (TPSA) is 38.3 Å². The molecule has 0 aromatic heterocycles. The van der Waals surface area contributed by atoms with Gasteiger partial charge in [0, 0.05) is 5.69 Å². The van der Waals surface area contributed by atoms with Gasteiger partial charge in [-0.2, -0.15) is 0 Å². The van der Waals surface area contributed by atoms with Gasteiger partial charge in [-0.15, -0.1) is 0 Å². The molecule has 0 bridgehead atoms. The second-order valence-electron chi connectivity index (χ2n) is 5.44. The molecule has 1 aliphatic rings. The highest BCUT2D eigenvalue weighted by Crippen LogP contribution is 2.30. The molecular formula is C15H21NO2. The van der Waals surface area contributed by atoms with Crippen molar-refractivity contribution in [1.29, 1.82) is 0 Å². The lowest BCUT2D eigenvalue weighted by Crippen LogP contribution is -2.30. The van der Waals surface area contributed by atoms with Gasteiger partial charge in [0.1, 0.15) is 6.10 Å². The monoisotopic (exact) mass is 247 g/mol. The number of carbonyl (C=O) groups is 1. The summed E-state index contributed by atoms with van der Waals surface area (Å²) in [4.78, 5) is 11.8. The Morgan fingerprint density at radius 2 is 1.72 bits per heavy atom. The van der Waals surface area contributed by atoms with Gasteiger partial charge < -0.3 is 4.74 Å². The predicted molar refractivity (Wildman–Crippen MR) is 72.5 cm³/mol. The van der Waals surface area contributed by atoms with Crippen molar-refractivity contribution < 1.29 is 9.53 Å². The summed E-state index contributed by atoms with van der Waals surface area (Å²) in [6.45, 7) is 4.45. The fourth-order valence-electron chi connectivity index (χ4n) is 2.79. The molecule has 0 spiro atoms. The summed E-state index contributed by atoms with van der Waals surface area (Å²) in [5.74, 6) is 1.28. The van der Waals surface area contributed by atoms with E-state index in [0.717, 1.165) is 18.5 Å². The van der Waals surface area contributed by atoms with Gasteiger partial charge in [0.05, 0.1) is 0 Å². The third kappa shape index (κ3) is 3.76. The lowest BCUT2D eigenvalue weighted by atomic mass is 9.82. The van der Waals surface area contributed by atoms with E-state index in [9.17, 15) is 4.79 Å². The minimum absolute atomic E-state index is 0.0625. The van der Waals surface area contributed by atoms with Gasteiger partial charge >= 0.3 is 6.09 Å². The summed E-state index contributed by atoms with van der Waals surface area (Å²) >= 11 is 0. The number of rotatable bonds is 2. The number of hydrogen-bond acceptors (Lipinski definition) is 2. The number of ether oxygens (including phenoxy) is 1. The summed E-state index contributed by atoms with van der Waals surface area (Å²) in [6.07, 6.45) is 2.92. The SMILES string of the molecule is C[C@@H]1CC(OC(=O)Nc2ccccc2)C[C@H](C)C1. The molecule has 3 atom stereocenters. The van der Waals surface area contributed by atoms with E-state index in [1.54, 1.807) is 0 Å². The molecule has 1 aromatic rings. The van der Waals surface area contributed by atoms with E-state index in [2.05, 4.69) is 19.2 Å². The number of anilines is 1. The van der Waals surface area contributed by atoms with Gasteiger partial charge in [-0.05, 0) is 43.2 Å². The molecule has 18 heavy (non-hydrogen) atoms. The number of para-hydroxylation sites is 1. The normalized spacial score (nSPS) is 27.6. The van der Waals surface area contributed by atoms with Crippen LogP contribution in [0.1, 0.15) is 33.1 Å². The molecule has 0 aliphatic heterocycles. The highest BCUT2D eigenvalue weighted by molar-refractivity contribution is 5.84. The minimum Gasteiger partial charge on any atom is -0.446 e. The highest BCUT2D eigenvalue weighted by Gasteiger charge is 2.26. The van der Waals surface area contributed by atoms with Crippen LogP contribution in [0.15, 0.2) is 30.3 Å². The van der Waals surface area contributed by atoms with Crippen LogP contribution < -0.4 is 5.32 Å². The molecular weight excluding hydrogens is 226 g/mol. The third-order valence-electron chi connectivity index (χ3n) is 3.43. The lowest BCUT2D eigenvalue weighted by Gasteiger charge is -2.30. The zero-order valence-corrected chi connectivity index (χ0v) is 11.1. The summed E-state index contributed by atoms with van der Waals surface area (Å²) in [5.41, 5.74) is 0.777. The quantitative estimate of drug-likeness (QED) is 0.855. The Morgan fingerprint density at radius 3 is 2.33 bits per heavy atom. The Bertz CT molecular complexity index is 381. The zero-order chi connectivity index (χ0) is 13.0. The van der Waals surface area contributed by atoms with Crippen molar-refractivity contribution in [3.63, 3.8) is 0 Å². The minimum atomic E-state index is -0.340. The fourth-order valence-corrected chi connectivity index (χ4v) is 2.79. The van der Waals surface area contributed by atoms with Crippen molar-refractivity contribution in [2.45, 2.75) is 39.2 Å². The number of hydrogen-bond donors (Lipinski definition) is 1. The summed E-state index contributed by atoms with van der Waals surface area (Å²) in [7, 11) is 0. The second-order valence-corrected chi connectivity index (χ2v) is 5.44. The van der Waals surface area contributed by atoms with Crippen LogP contribution in [0.2, 0.25) is 0 Å². The van der Waals surface area contributed by atoms with Crippen LogP contribution in [-0.4, -0.2) is 12.2 Å². The van der Waals surface area contributed by atoms with E-state index < -0.39 is 0 Å². The average molecular weight is 247 g/mol. The Morgan fingerprint density at radius 1 is 1.11 bits per heavy atom. The average Bonchev–Trinajstić information content (AvgIpc) is 2.28. The van der Waals surface area contributed by atoms with E-state index in [-0.39, 0.29) is 12.2 Å². The fraction of sp³-hybridized carbons (Fsp3) is 0.533. The molecule has 1 N–H and O–H groups in total. The van der Waals surface area contributed by atoms with Gasteiger partial charge in [-0.3, -0.25) is 5.32 Å². The molecule has 1 aliphatic carbocycles. The highest BCUT2D eigenvalue weighted by atomic mass is 16.6. The molecule has 2 rings (SSSR count). The molecule has 1 saturated carbocycles. The van der Waals surface area contributed by atoms with Crippen molar-refractivity contribution in [2.75, 3.05) is 5.32 Å². The zero-order valence-electron chi connectivity index (χ0n) is 11.1. The van der Waals surface area contributed by atoms with Crippen molar-refractivity contribution in [2.24, 2.45) is 11.8 Å². The first-order valence-electron chi connectivity index (χ1n) is 6.66. The Balaban J connectivity index is 1.84. The van der Waals surface area contributed by atoms with E-state index >= 15 is 0 Å². The summed E-state index contributed by atoms with van der Waals surface area (Å²) in [5, 5.41) is 2.76. The molecule has 0 saturated heterocycles. The maximum Gasteiger partial charge on any atom is 0.411 e. The van der Waals surface area contributed by atoms with E-state index in [4.69, 9.17) is 4.74 Å². The second kappa shape index (κ2) is 5.89. The molecule has 98 valence electrons. The van der Waals surface area contributed by atoms with Crippen LogP contribution >= 0.6 is 0 Å². The first-order chi connectivity index (χ1) is 8.63. The third-order valence-corrected chi connectivity index (χ3v) is 3.43. The van der Waals surface area contributed by atoms with Crippen LogP contribution in [0.3, 0.4) is 0 Å². The molecule has 0 radical (unpaired) electrons. The number of carbonyl (C=O) groups excluding carboxylic acids is 1. The molecule has 3 heteroatoms. The van der Waals surface area contributed by atoms with E-state index in [0.29, 0.717) is 11.8 Å². The Kier molecular flexibility index (Phi) is 4.24. The first-order valence-corrected chi connectivity index (χ1v) is 6.66. The van der Waals surface area contributed by atoms with Crippen molar-refractivity contribution in [3.05, 3.63) is 30.3 Å². The van der Waals surface area contributed by atoms with Crippen LogP contribution in [0.5, 0.6) is 0 Å². The lowest BCUT2D eigenvalue weighted by molar-refractivity contribution is 0.0553. The van der Waals surface area contributed by atoms with Crippen LogP contribution in [0, 0.1) is 11.8 Å². The van der Waals surface area contributed by atoms with Crippen molar-refractivity contribution in [1.82, 2.24) is 0 Å². The molecule has 1 amide bonds. The predicted octanol–water partition coefficient (Wildman–Crippen LogP) is 4.06. The maximum atomic E-state index is 11.8. The van der Waals surface area contributed by atoms with Gasteiger partial charge in [0.2, 0.25) is 0 Å². The Hall–Kier alpha value is -1.51. The van der Waals surface area contributed by atoms with Crippen molar-refractivity contribution in [3.8, 4) is 0 Å². The smallest absolute Gasteiger partial charge is 0.411 e. The van der Waals surface area contributed by atoms with Gasteiger partial charge in [0.25, 0.3) is 0 Å². The standard InChI is InChI=1S/C15H21NO2/c1-11-8-12(2)10-14(9-11)18-15(17)16-13-6-4-3-5-7-13/h3-7,11-12,14H,8-10H2,1-2H3,(H,16,17)/t11-,12+,14?. The van der Waals surface area contributed by atoms with Crippen molar-refractivity contribution >= 4 is 11.8 Å². The van der Waals surface area contributed by atoms with Crippen LogP contribution in [-0.2, 0) is 4.74 Å². The van der Waals surface area contributed by atoms with Crippen LogP contribution in [0.25, 0.3) is 0 Å². The molecule has 0 heterocycles. The van der Waals surface area contributed by atoms with E-state index in [1.807, 2.05) is 30.3 Å². The molecule has 3 nitrogen and oxygen atoms in total. The van der Waals surface area contributed by atoms with Gasteiger partial charge in [-0.1, -0.05) is 32.0 Å². The van der Waals surface area contributed by atoms with E-state index in [1.165, 1.54) is 6.42 Å². The first kappa shape index (κ1) is 12.9. The number of benzene rings is 1. The van der Waals surface area contributed by atoms with Crippen LogP contribution in [0.4, 0.5) is 10.5 Å². The summed E-state index contributed by atoms with van der Waals surface area (Å²) < 4.78 is 5.49.